The molecule has 3 rings (SSSR count). The molecular formula is C12H10ClN3O2. The van der Waals surface area contributed by atoms with Crippen molar-refractivity contribution in [2.75, 3.05) is 0 Å². The summed E-state index contributed by atoms with van der Waals surface area (Å²) in [5, 5.41) is 15.5. The molecule has 92 valence electrons. The lowest BCUT2D eigenvalue weighted by Gasteiger charge is -2.04. The van der Waals surface area contributed by atoms with Crippen LogP contribution >= 0.6 is 11.6 Å². The molecule has 0 saturated heterocycles. The number of hydrogen-bond donors (Lipinski definition) is 0. The predicted molar refractivity (Wildman–Crippen MR) is 67.2 cm³/mol. The Morgan fingerprint density at radius 3 is 2.89 bits per heavy atom. The molecule has 2 aromatic rings. The van der Waals surface area contributed by atoms with Gasteiger partial charge in [0.2, 0.25) is 0 Å². The Morgan fingerprint density at radius 2 is 2.22 bits per heavy atom. The number of rotatable bonds is 3. The average molecular weight is 264 g/mol. The van der Waals surface area contributed by atoms with E-state index in [1.807, 2.05) is 6.20 Å². The van der Waals surface area contributed by atoms with E-state index in [0.29, 0.717) is 16.6 Å². The molecule has 1 aromatic heterocycles. The number of nitro groups is 1. The van der Waals surface area contributed by atoms with Crippen LogP contribution in [-0.2, 0) is 0 Å². The first-order valence-corrected chi connectivity index (χ1v) is 6.02. The monoisotopic (exact) mass is 263 g/mol. The number of aromatic nitrogens is 2. The molecule has 18 heavy (non-hydrogen) atoms. The SMILES string of the molecule is O=[N+]([O-])c1cccc(Cl)c1-n1cc(C2CC2)cn1. The molecule has 1 heterocycles. The maximum Gasteiger partial charge on any atom is 0.296 e. The van der Waals surface area contributed by atoms with Crippen molar-refractivity contribution < 1.29 is 4.92 Å². The molecule has 6 heteroatoms. The number of hydrogen-bond acceptors (Lipinski definition) is 3. The number of nitro benzene ring substituents is 1. The van der Waals surface area contributed by atoms with Crippen molar-refractivity contribution in [1.82, 2.24) is 9.78 Å². The number of para-hydroxylation sites is 1. The highest BCUT2D eigenvalue weighted by molar-refractivity contribution is 6.32. The third-order valence-electron chi connectivity index (χ3n) is 3.04. The van der Waals surface area contributed by atoms with E-state index in [9.17, 15) is 10.1 Å². The lowest BCUT2D eigenvalue weighted by Crippen LogP contribution is -2.01. The highest BCUT2D eigenvalue weighted by atomic mass is 35.5. The molecule has 1 saturated carbocycles. The number of benzene rings is 1. The second-order valence-corrected chi connectivity index (χ2v) is 4.76. The molecule has 1 aliphatic rings. The van der Waals surface area contributed by atoms with E-state index < -0.39 is 4.92 Å². The molecule has 1 fully saturated rings. The van der Waals surface area contributed by atoms with Crippen LogP contribution in [0.15, 0.2) is 30.6 Å². The fourth-order valence-electron chi connectivity index (χ4n) is 1.96. The van der Waals surface area contributed by atoms with Crippen LogP contribution < -0.4 is 0 Å². The van der Waals surface area contributed by atoms with Crippen LogP contribution in [0.4, 0.5) is 5.69 Å². The lowest BCUT2D eigenvalue weighted by atomic mass is 10.2. The molecule has 0 amide bonds. The zero-order chi connectivity index (χ0) is 12.7. The Hall–Kier alpha value is -1.88. The molecule has 0 spiro atoms. The second kappa shape index (κ2) is 4.10. The predicted octanol–water partition coefficient (Wildman–Crippen LogP) is 3.31. The summed E-state index contributed by atoms with van der Waals surface area (Å²) < 4.78 is 1.49. The van der Waals surface area contributed by atoms with Gasteiger partial charge in [-0.2, -0.15) is 5.10 Å². The maximum atomic E-state index is 11.0. The first-order valence-electron chi connectivity index (χ1n) is 5.64. The molecule has 0 radical (unpaired) electrons. The summed E-state index contributed by atoms with van der Waals surface area (Å²) in [6.07, 6.45) is 5.91. The Morgan fingerprint density at radius 1 is 1.44 bits per heavy atom. The van der Waals surface area contributed by atoms with E-state index in [1.54, 1.807) is 18.3 Å². The van der Waals surface area contributed by atoms with Crippen LogP contribution in [0.2, 0.25) is 5.02 Å². The summed E-state index contributed by atoms with van der Waals surface area (Å²) in [5.41, 5.74) is 1.41. The second-order valence-electron chi connectivity index (χ2n) is 4.36. The van der Waals surface area contributed by atoms with Crippen molar-refractivity contribution in [2.45, 2.75) is 18.8 Å². The van der Waals surface area contributed by atoms with Gasteiger partial charge >= 0.3 is 0 Å². The van der Waals surface area contributed by atoms with E-state index in [1.165, 1.54) is 10.7 Å². The summed E-state index contributed by atoms with van der Waals surface area (Å²) in [6, 6.07) is 4.62. The average Bonchev–Trinajstić information content (AvgIpc) is 3.08. The Labute approximate surface area is 108 Å². The molecular weight excluding hydrogens is 254 g/mol. The normalized spacial score (nSPS) is 14.7. The van der Waals surface area contributed by atoms with E-state index in [4.69, 9.17) is 11.6 Å². The fourth-order valence-corrected chi connectivity index (χ4v) is 2.22. The summed E-state index contributed by atoms with van der Waals surface area (Å²) >= 11 is 6.05. The zero-order valence-electron chi connectivity index (χ0n) is 9.41. The van der Waals surface area contributed by atoms with Gasteiger partial charge in [-0.25, -0.2) is 4.68 Å². The highest BCUT2D eigenvalue weighted by Gasteiger charge is 2.26. The van der Waals surface area contributed by atoms with Gasteiger partial charge in [0.15, 0.2) is 5.69 Å². The van der Waals surface area contributed by atoms with Crippen molar-refractivity contribution in [3.8, 4) is 5.69 Å². The minimum absolute atomic E-state index is 0.0343. The number of halogens is 1. The number of nitrogens with zero attached hydrogens (tertiary/aromatic N) is 3. The quantitative estimate of drug-likeness (QED) is 0.630. The molecule has 0 unspecified atom stereocenters. The Bertz CT molecular complexity index is 620. The van der Waals surface area contributed by atoms with Gasteiger partial charge in [-0.3, -0.25) is 10.1 Å². The van der Waals surface area contributed by atoms with Crippen molar-refractivity contribution in [3.05, 3.63) is 51.3 Å². The smallest absolute Gasteiger partial charge is 0.258 e. The molecule has 0 atom stereocenters. The van der Waals surface area contributed by atoms with Crippen molar-refractivity contribution in [3.63, 3.8) is 0 Å². The van der Waals surface area contributed by atoms with Crippen molar-refractivity contribution in [2.24, 2.45) is 0 Å². The Kier molecular flexibility index (Phi) is 2.56. The summed E-state index contributed by atoms with van der Waals surface area (Å²) in [4.78, 5) is 10.6. The largest absolute Gasteiger partial charge is 0.296 e. The first kappa shape index (κ1) is 11.2. The molecule has 0 aliphatic heterocycles. The topological polar surface area (TPSA) is 61.0 Å². The van der Waals surface area contributed by atoms with Gasteiger partial charge in [-0.1, -0.05) is 17.7 Å². The zero-order valence-corrected chi connectivity index (χ0v) is 10.2. The summed E-state index contributed by atoms with van der Waals surface area (Å²) in [6.45, 7) is 0. The van der Waals surface area contributed by atoms with Gasteiger partial charge in [0.1, 0.15) is 0 Å². The van der Waals surface area contributed by atoms with Crippen LogP contribution in [0.25, 0.3) is 5.69 Å². The molecule has 1 aliphatic carbocycles. The van der Waals surface area contributed by atoms with Gasteiger partial charge in [0.25, 0.3) is 5.69 Å². The van der Waals surface area contributed by atoms with Gasteiger partial charge in [0, 0.05) is 12.3 Å². The molecule has 0 N–H and O–H groups in total. The van der Waals surface area contributed by atoms with Crippen LogP contribution in [0.5, 0.6) is 0 Å². The van der Waals surface area contributed by atoms with Crippen molar-refractivity contribution >= 4 is 17.3 Å². The van der Waals surface area contributed by atoms with E-state index in [2.05, 4.69) is 5.10 Å². The van der Waals surface area contributed by atoms with Gasteiger partial charge in [-0.05, 0) is 30.4 Å². The Balaban J connectivity index is 2.11. The lowest BCUT2D eigenvalue weighted by molar-refractivity contribution is -0.384. The van der Waals surface area contributed by atoms with E-state index >= 15 is 0 Å². The molecule has 0 bridgehead atoms. The van der Waals surface area contributed by atoms with Crippen LogP contribution in [0, 0.1) is 10.1 Å². The maximum absolute atomic E-state index is 11.0. The third kappa shape index (κ3) is 1.86. The summed E-state index contributed by atoms with van der Waals surface area (Å²) in [5.74, 6) is 0.556. The van der Waals surface area contributed by atoms with Gasteiger partial charge in [-0.15, -0.1) is 0 Å². The summed E-state index contributed by atoms with van der Waals surface area (Å²) in [7, 11) is 0. The van der Waals surface area contributed by atoms with E-state index in [0.717, 1.165) is 18.4 Å². The van der Waals surface area contributed by atoms with Gasteiger partial charge in [0.05, 0.1) is 16.1 Å². The minimum atomic E-state index is -0.445. The van der Waals surface area contributed by atoms with Gasteiger partial charge < -0.3 is 0 Å². The fraction of sp³-hybridized carbons (Fsp3) is 0.250. The van der Waals surface area contributed by atoms with Crippen LogP contribution in [0.1, 0.15) is 24.3 Å². The molecule has 5 nitrogen and oxygen atoms in total. The van der Waals surface area contributed by atoms with Crippen LogP contribution in [-0.4, -0.2) is 14.7 Å². The van der Waals surface area contributed by atoms with Crippen LogP contribution in [0.3, 0.4) is 0 Å². The minimum Gasteiger partial charge on any atom is -0.258 e. The van der Waals surface area contributed by atoms with Crippen molar-refractivity contribution in [1.29, 1.82) is 0 Å². The molecule has 1 aromatic carbocycles. The highest BCUT2D eigenvalue weighted by Crippen LogP contribution is 2.40. The third-order valence-corrected chi connectivity index (χ3v) is 3.35. The van der Waals surface area contributed by atoms with E-state index in [-0.39, 0.29) is 5.69 Å². The first-order chi connectivity index (χ1) is 8.66. The standard InChI is InChI=1S/C12H10ClN3O2/c13-10-2-1-3-11(16(17)18)12(10)15-7-9(6-14-15)8-4-5-8/h1-3,6-8H,4-5H2.